The van der Waals surface area contributed by atoms with E-state index in [9.17, 15) is 0 Å². The molecular weight excluding hydrogens is 294 g/mol. The highest BCUT2D eigenvalue weighted by molar-refractivity contribution is 5.62. The van der Waals surface area contributed by atoms with Crippen molar-refractivity contribution < 1.29 is 0 Å². The summed E-state index contributed by atoms with van der Waals surface area (Å²) in [6, 6.07) is 6.66. The van der Waals surface area contributed by atoms with Gasteiger partial charge in [-0.05, 0) is 56.2 Å². The Bertz CT molecular complexity index is 695. The van der Waals surface area contributed by atoms with Crippen molar-refractivity contribution in [3.63, 3.8) is 0 Å². The van der Waals surface area contributed by atoms with Gasteiger partial charge in [-0.3, -0.25) is 4.68 Å². The number of rotatable bonds is 5. The van der Waals surface area contributed by atoms with Gasteiger partial charge in [0.2, 0.25) is 0 Å². The van der Waals surface area contributed by atoms with Gasteiger partial charge in [0.05, 0.1) is 11.2 Å². The van der Waals surface area contributed by atoms with Gasteiger partial charge >= 0.3 is 0 Å². The number of hydrogen-bond acceptors (Lipinski definition) is 2. The fraction of sp³-hybridized carbons (Fsp3) is 0.571. The highest BCUT2D eigenvalue weighted by Gasteiger charge is 2.29. The molecule has 24 heavy (non-hydrogen) atoms. The molecule has 0 atom stereocenters. The third-order valence-electron chi connectivity index (χ3n) is 5.04. The van der Waals surface area contributed by atoms with Crippen molar-refractivity contribution in [1.82, 2.24) is 9.78 Å². The summed E-state index contributed by atoms with van der Waals surface area (Å²) < 4.78 is 1.98. The van der Waals surface area contributed by atoms with Crippen LogP contribution in [0.4, 0.5) is 5.69 Å². The van der Waals surface area contributed by atoms with Crippen LogP contribution in [0.2, 0.25) is 0 Å². The normalized spacial score (nSPS) is 12.3. The maximum Gasteiger partial charge on any atom is 0.0904 e. The van der Waals surface area contributed by atoms with Crippen molar-refractivity contribution in [2.24, 2.45) is 7.05 Å². The molecule has 1 heterocycles. The zero-order valence-corrected chi connectivity index (χ0v) is 16.8. The van der Waals surface area contributed by atoms with Crippen LogP contribution in [0.15, 0.2) is 18.2 Å². The Morgan fingerprint density at radius 3 is 1.88 bits per heavy atom. The van der Waals surface area contributed by atoms with Gasteiger partial charge in [-0.25, -0.2) is 0 Å². The SMILES string of the molecule is Cc1c(C(C)(C)Nc2c(C(C)C)cccc2C(C)C)nn(C)c1C. The monoisotopic (exact) mass is 327 g/mol. The van der Waals surface area contributed by atoms with Crippen molar-refractivity contribution in [2.75, 3.05) is 5.32 Å². The number of anilines is 1. The van der Waals surface area contributed by atoms with Gasteiger partial charge in [-0.1, -0.05) is 45.9 Å². The van der Waals surface area contributed by atoms with E-state index in [0.29, 0.717) is 11.8 Å². The second kappa shape index (κ2) is 6.62. The van der Waals surface area contributed by atoms with Gasteiger partial charge in [0.25, 0.3) is 0 Å². The van der Waals surface area contributed by atoms with Crippen molar-refractivity contribution in [3.05, 3.63) is 46.3 Å². The minimum atomic E-state index is -0.231. The molecule has 2 rings (SSSR count). The van der Waals surface area contributed by atoms with Gasteiger partial charge < -0.3 is 5.32 Å². The van der Waals surface area contributed by atoms with Gasteiger partial charge in [0, 0.05) is 18.4 Å². The fourth-order valence-corrected chi connectivity index (χ4v) is 3.37. The standard InChI is InChI=1S/C21H33N3/c1-13(2)17-11-10-12-18(14(3)4)19(17)22-21(7,8)20-15(5)16(6)24(9)23-20/h10-14,22H,1-9H3. The average molecular weight is 328 g/mol. The lowest BCUT2D eigenvalue weighted by molar-refractivity contribution is 0.562. The molecule has 3 heteroatoms. The van der Waals surface area contributed by atoms with Crippen LogP contribution in [-0.2, 0) is 12.6 Å². The Balaban J connectivity index is 2.54. The third-order valence-corrected chi connectivity index (χ3v) is 5.04. The number of nitrogens with one attached hydrogen (secondary N) is 1. The Labute approximate surface area is 147 Å². The predicted molar refractivity (Wildman–Crippen MR) is 104 cm³/mol. The van der Waals surface area contributed by atoms with Crippen LogP contribution in [0.1, 0.15) is 81.5 Å². The maximum atomic E-state index is 4.78. The third kappa shape index (κ3) is 3.35. The summed E-state index contributed by atoms with van der Waals surface area (Å²) in [7, 11) is 2.02. The quantitative estimate of drug-likeness (QED) is 0.771. The molecular formula is C21H33N3. The van der Waals surface area contributed by atoms with Crippen molar-refractivity contribution in [2.45, 2.75) is 72.8 Å². The van der Waals surface area contributed by atoms with E-state index < -0.39 is 0 Å². The molecule has 1 N–H and O–H groups in total. The molecule has 0 saturated carbocycles. The first-order valence-electron chi connectivity index (χ1n) is 8.98. The lowest BCUT2D eigenvalue weighted by Crippen LogP contribution is -2.31. The number of nitrogens with zero attached hydrogens (tertiary/aromatic N) is 2. The van der Waals surface area contributed by atoms with Crippen molar-refractivity contribution in [3.8, 4) is 0 Å². The molecule has 0 spiro atoms. The second-order valence-electron chi connectivity index (χ2n) is 8.05. The van der Waals surface area contributed by atoms with Crippen molar-refractivity contribution >= 4 is 5.69 Å². The molecule has 3 nitrogen and oxygen atoms in total. The lowest BCUT2D eigenvalue weighted by Gasteiger charge is -2.31. The summed E-state index contributed by atoms with van der Waals surface area (Å²) in [4.78, 5) is 0. The van der Waals surface area contributed by atoms with E-state index in [4.69, 9.17) is 5.10 Å². The van der Waals surface area contributed by atoms with Crippen LogP contribution in [0.5, 0.6) is 0 Å². The van der Waals surface area contributed by atoms with E-state index in [0.717, 1.165) is 5.69 Å². The molecule has 1 aromatic carbocycles. The molecule has 0 fully saturated rings. The number of hydrogen-bond donors (Lipinski definition) is 1. The van der Waals surface area contributed by atoms with E-state index in [1.54, 1.807) is 0 Å². The first-order valence-corrected chi connectivity index (χ1v) is 8.98. The van der Waals surface area contributed by atoms with E-state index in [-0.39, 0.29) is 5.54 Å². The number of para-hydroxylation sites is 1. The van der Waals surface area contributed by atoms with Gasteiger partial charge in [0.1, 0.15) is 0 Å². The smallest absolute Gasteiger partial charge is 0.0904 e. The summed E-state index contributed by atoms with van der Waals surface area (Å²) >= 11 is 0. The summed E-state index contributed by atoms with van der Waals surface area (Å²) in [5, 5.41) is 8.62. The minimum absolute atomic E-state index is 0.231. The Hall–Kier alpha value is -1.77. The molecule has 0 aliphatic rings. The molecule has 0 aliphatic carbocycles. The van der Waals surface area contributed by atoms with E-state index in [2.05, 4.69) is 78.9 Å². The van der Waals surface area contributed by atoms with Gasteiger partial charge in [0.15, 0.2) is 0 Å². The minimum Gasteiger partial charge on any atom is -0.374 e. The van der Waals surface area contributed by atoms with Crippen LogP contribution in [0, 0.1) is 13.8 Å². The van der Waals surface area contributed by atoms with Gasteiger partial charge in [-0.15, -0.1) is 0 Å². The molecule has 0 bridgehead atoms. The van der Waals surface area contributed by atoms with Crippen LogP contribution in [-0.4, -0.2) is 9.78 Å². The summed E-state index contributed by atoms with van der Waals surface area (Å²) in [6.45, 7) is 17.8. The number of aryl methyl sites for hydroxylation is 1. The molecule has 0 aliphatic heterocycles. The van der Waals surface area contributed by atoms with E-state index >= 15 is 0 Å². The Morgan fingerprint density at radius 1 is 1.00 bits per heavy atom. The number of benzene rings is 1. The molecule has 0 amide bonds. The average Bonchev–Trinajstić information content (AvgIpc) is 2.75. The van der Waals surface area contributed by atoms with Crippen LogP contribution in [0.3, 0.4) is 0 Å². The summed E-state index contributed by atoms with van der Waals surface area (Å²) in [5.74, 6) is 0.960. The highest BCUT2D eigenvalue weighted by Crippen LogP contribution is 2.37. The van der Waals surface area contributed by atoms with Crippen molar-refractivity contribution in [1.29, 1.82) is 0 Å². The maximum absolute atomic E-state index is 4.78. The molecule has 0 saturated heterocycles. The predicted octanol–water partition coefficient (Wildman–Crippen LogP) is 5.63. The van der Waals surface area contributed by atoms with E-state index in [1.165, 1.54) is 28.1 Å². The lowest BCUT2D eigenvalue weighted by atomic mass is 9.89. The van der Waals surface area contributed by atoms with E-state index in [1.807, 2.05) is 11.7 Å². The Kier molecular flexibility index (Phi) is 5.12. The van der Waals surface area contributed by atoms with Gasteiger partial charge in [-0.2, -0.15) is 5.10 Å². The number of aromatic nitrogens is 2. The molecule has 0 unspecified atom stereocenters. The molecule has 0 radical (unpaired) electrons. The molecule has 132 valence electrons. The topological polar surface area (TPSA) is 29.9 Å². The Morgan fingerprint density at radius 2 is 1.50 bits per heavy atom. The summed E-state index contributed by atoms with van der Waals surface area (Å²) in [5.41, 5.74) is 7.40. The second-order valence-corrected chi connectivity index (χ2v) is 8.05. The van der Waals surface area contributed by atoms with Crippen LogP contribution in [0.25, 0.3) is 0 Å². The first kappa shape index (κ1) is 18.6. The highest BCUT2D eigenvalue weighted by atomic mass is 15.3. The first-order chi connectivity index (χ1) is 11.1. The zero-order valence-electron chi connectivity index (χ0n) is 16.8. The van der Waals surface area contributed by atoms with Crippen LogP contribution < -0.4 is 5.32 Å². The largest absolute Gasteiger partial charge is 0.374 e. The molecule has 1 aromatic heterocycles. The zero-order chi connectivity index (χ0) is 18.2. The molecule has 2 aromatic rings. The van der Waals surface area contributed by atoms with Crippen LogP contribution >= 0.6 is 0 Å². The summed E-state index contributed by atoms with van der Waals surface area (Å²) in [6.07, 6.45) is 0. The fourth-order valence-electron chi connectivity index (χ4n) is 3.37.